The predicted octanol–water partition coefficient (Wildman–Crippen LogP) is 5.87. The third kappa shape index (κ3) is 6.21. The van der Waals surface area contributed by atoms with Crippen molar-refractivity contribution in [1.82, 2.24) is 24.9 Å². The molecule has 0 saturated carbocycles. The zero-order chi connectivity index (χ0) is 36.5. The van der Waals surface area contributed by atoms with E-state index in [4.69, 9.17) is 39.2 Å². The largest absolute Gasteiger partial charge is 0.473 e. The molecule has 0 bridgehead atoms. The fourth-order valence-corrected chi connectivity index (χ4v) is 9.62. The van der Waals surface area contributed by atoms with Gasteiger partial charge in [0.1, 0.15) is 28.9 Å². The minimum atomic E-state index is -0.650. The van der Waals surface area contributed by atoms with Gasteiger partial charge in [-0.3, -0.25) is 9.80 Å². The van der Waals surface area contributed by atoms with E-state index in [-0.39, 0.29) is 30.4 Å². The maximum absolute atomic E-state index is 13.0. The summed E-state index contributed by atoms with van der Waals surface area (Å²) in [6.07, 6.45) is 5.22. The molecule has 0 aromatic carbocycles. The molecule has 7 rings (SSSR count). The summed E-state index contributed by atoms with van der Waals surface area (Å²) in [5.41, 5.74) is 7.69. The summed E-state index contributed by atoms with van der Waals surface area (Å²) in [4.78, 5) is 27.8. The van der Waals surface area contributed by atoms with Crippen LogP contribution in [0.5, 0.6) is 11.8 Å². The lowest BCUT2D eigenvalue weighted by molar-refractivity contribution is -0.103. The number of likely N-dealkylation sites (tertiary alicyclic amines) is 2. The molecule has 13 nitrogen and oxygen atoms in total. The Balaban J connectivity index is 1.24. The molecule has 3 aromatic heterocycles. The number of hydrogen-bond acceptors (Lipinski definition) is 13. The van der Waals surface area contributed by atoms with Crippen LogP contribution in [0, 0.1) is 11.3 Å². The summed E-state index contributed by atoms with van der Waals surface area (Å²) in [6, 6.07) is 4.22. The molecular weight excluding hydrogens is 671 g/mol. The minimum absolute atomic E-state index is 0.123. The normalized spacial score (nSPS) is 26.2. The Morgan fingerprint density at radius 3 is 2.57 bits per heavy atom. The van der Waals surface area contributed by atoms with Crippen LogP contribution in [0.1, 0.15) is 101 Å². The van der Waals surface area contributed by atoms with Crippen molar-refractivity contribution in [3.05, 3.63) is 33.4 Å². The molecule has 14 heteroatoms. The maximum atomic E-state index is 13.0. The van der Waals surface area contributed by atoms with Crippen LogP contribution in [0.15, 0.2) is 10.6 Å². The Morgan fingerprint density at radius 1 is 1.18 bits per heavy atom. The Hall–Kier alpha value is -3.93. The highest BCUT2D eigenvalue weighted by Crippen LogP contribution is 2.55. The van der Waals surface area contributed by atoms with Crippen molar-refractivity contribution >= 4 is 22.4 Å². The zero-order valence-corrected chi connectivity index (χ0v) is 31.7. The van der Waals surface area contributed by atoms with E-state index in [0.29, 0.717) is 40.4 Å². The number of hydrogen-bond donors (Lipinski definition) is 1. The summed E-state index contributed by atoms with van der Waals surface area (Å²) >= 11 is 1.52. The lowest BCUT2D eigenvalue weighted by atomic mass is 9.63. The number of aromatic nitrogens is 3. The third-order valence-corrected chi connectivity index (χ3v) is 12.3. The van der Waals surface area contributed by atoms with Crippen molar-refractivity contribution in [3.8, 4) is 29.3 Å². The summed E-state index contributed by atoms with van der Waals surface area (Å²) < 4.78 is 30.7. The van der Waals surface area contributed by atoms with Gasteiger partial charge in [0, 0.05) is 30.1 Å². The first-order chi connectivity index (χ1) is 24.1. The number of amides is 1. The molecule has 1 amide bonds. The SMILES string of the molecule is CO[C@@H]1C[C@@H]([C@H](C)Oc2cc(O[C@@H]3CN(C(=O)OC(C)(C)C)C3(C)C)nc(-c3noc4c3CCC[C@@]43CCCc4sc(N)c(C#N)c43)n2)N(C)C1. The second-order valence-electron chi connectivity index (χ2n) is 16.0. The number of fused-ring (bicyclic) bond motifs is 4. The molecule has 2 fully saturated rings. The van der Waals surface area contributed by atoms with Crippen molar-refractivity contribution in [1.29, 1.82) is 5.26 Å². The van der Waals surface area contributed by atoms with Gasteiger partial charge in [0.15, 0.2) is 17.3 Å². The molecular formula is C37H49N7O6S. The van der Waals surface area contributed by atoms with E-state index in [1.54, 1.807) is 18.1 Å². The molecule has 2 aliphatic heterocycles. The van der Waals surface area contributed by atoms with E-state index in [2.05, 4.69) is 23.2 Å². The van der Waals surface area contributed by atoms with Crippen LogP contribution in [0.4, 0.5) is 9.80 Å². The maximum Gasteiger partial charge on any atom is 0.410 e. The minimum Gasteiger partial charge on any atom is -0.473 e. The van der Waals surface area contributed by atoms with E-state index >= 15 is 0 Å². The smallest absolute Gasteiger partial charge is 0.410 e. The first-order valence-corrected chi connectivity index (χ1v) is 18.7. The number of rotatable bonds is 7. The van der Waals surface area contributed by atoms with Gasteiger partial charge >= 0.3 is 6.09 Å². The number of methoxy groups -OCH3 is 1. The van der Waals surface area contributed by atoms with Crippen molar-refractivity contribution in [2.75, 3.05) is 33.0 Å². The van der Waals surface area contributed by atoms with Crippen molar-refractivity contribution in [3.63, 3.8) is 0 Å². The molecule has 5 heterocycles. The fraction of sp³-hybridized carbons (Fsp3) is 0.649. The van der Waals surface area contributed by atoms with Gasteiger partial charge in [-0.15, -0.1) is 11.3 Å². The third-order valence-electron chi connectivity index (χ3n) is 11.2. The second kappa shape index (κ2) is 12.9. The van der Waals surface area contributed by atoms with Gasteiger partial charge in [-0.2, -0.15) is 15.2 Å². The Labute approximate surface area is 303 Å². The van der Waals surface area contributed by atoms with Crippen molar-refractivity contribution in [2.24, 2.45) is 0 Å². The average Bonchev–Trinajstić information content (AvgIpc) is 3.77. The van der Waals surface area contributed by atoms with Gasteiger partial charge in [0.25, 0.3) is 0 Å². The fourth-order valence-electron chi connectivity index (χ4n) is 8.46. The number of carbonyl (C=O) groups excluding carboxylic acids is 1. The van der Waals surface area contributed by atoms with E-state index in [1.807, 2.05) is 41.5 Å². The number of aryl methyl sites for hydroxylation is 1. The van der Waals surface area contributed by atoms with Gasteiger partial charge in [0.05, 0.1) is 35.2 Å². The van der Waals surface area contributed by atoms with Crippen molar-refractivity contribution < 1.29 is 28.3 Å². The van der Waals surface area contributed by atoms with E-state index in [0.717, 1.165) is 73.3 Å². The molecule has 0 unspecified atom stereocenters. The monoisotopic (exact) mass is 719 g/mol. The first kappa shape index (κ1) is 35.5. The number of nitrogen functional groups attached to an aromatic ring is 1. The average molecular weight is 720 g/mol. The van der Waals surface area contributed by atoms with Gasteiger partial charge in [-0.05, 0) is 99.1 Å². The van der Waals surface area contributed by atoms with Crippen LogP contribution in [-0.4, -0.2) is 93.8 Å². The summed E-state index contributed by atoms with van der Waals surface area (Å²) in [6.45, 7) is 12.7. The number of nitriles is 1. The number of anilines is 1. The second-order valence-corrected chi connectivity index (χ2v) is 17.2. The molecule has 5 atom stereocenters. The molecule has 51 heavy (non-hydrogen) atoms. The van der Waals surface area contributed by atoms with Crippen LogP contribution >= 0.6 is 11.3 Å². The summed E-state index contributed by atoms with van der Waals surface area (Å²) in [5.74, 6) is 1.79. The van der Waals surface area contributed by atoms with Crippen LogP contribution in [0.2, 0.25) is 0 Å². The number of ether oxygens (including phenoxy) is 4. The molecule has 3 aromatic rings. The van der Waals surface area contributed by atoms with E-state index in [9.17, 15) is 10.1 Å². The van der Waals surface area contributed by atoms with Gasteiger partial charge in [-0.25, -0.2) is 4.79 Å². The van der Waals surface area contributed by atoms with E-state index in [1.165, 1.54) is 11.3 Å². The molecule has 2 N–H and O–H groups in total. The zero-order valence-electron chi connectivity index (χ0n) is 30.9. The number of nitrogens with zero attached hydrogens (tertiary/aromatic N) is 6. The summed E-state index contributed by atoms with van der Waals surface area (Å²) in [7, 11) is 3.81. The number of likely N-dealkylation sites (N-methyl/N-ethyl adjacent to an activating group) is 1. The highest BCUT2D eigenvalue weighted by molar-refractivity contribution is 7.16. The lowest BCUT2D eigenvalue weighted by Gasteiger charge is -2.53. The molecule has 2 saturated heterocycles. The number of nitrogens with two attached hydrogens (primary N) is 1. The Morgan fingerprint density at radius 2 is 1.90 bits per heavy atom. The van der Waals surface area contributed by atoms with Gasteiger partial charge in [-0.1, -0.05) is 5.16 Å². The number of thiophene rings is 1. The van der Waals surface area contributed by atoms with Crippen LogP contribution in [-0.2, 0) is 27.7 Å². The highest BCUT2D eigenvalue weighted by atomic mass is 32.1. The molecule has 2 aliphatic carbocycles. The van der Waals surface area contributed by atoms with Gasteiger partial charge < -0.3 is 29.2 Å². The van der Waals surface area contributed by atoms with Crippen LogP contribution in [0.3, 0.4) is 0 Å². The first-order valence-electron chi connectivity index (χ1n) is 17.9. The molecule has 4 aliphatic rings. The molecule has 0 radical (unpaired) electrons. The Kier molecular flexibility index (Phi) is 8.99. The molecule has 1 spiro atoms. The predicted molar refractivity (Wildman–Crippen MR) is 191 cm³/mol. The topological polar surface area (TPSA) is 162 Å². The quantitative estimate of drug-likeness (QED) is 0.310. The van der Waals surface area contributed by atoms with E-state index < -0.39 is 16.6 Å². The van der Waals surface area contributed by atoms with Crippen molar-refractivity contribution in [2.45, 2.75) is 127 Å². The van der Waals surface area contributed by atoms with Gasteiger partial charge in [0.2, 0.25) is 11.8 Å². The standard InChI is InChI=1S/C37H49N7O6S/c1-20(24-15-21(46-8)18-43(24)7)47-27-16-28(48-26-19-44(36(26,5)6)34(45)49-35(2,3)4)41-33(40-27)30-22-11-9-13-37(31(22)50-42-30)14-10-12-25-29(37)23(17-38)32(39)51-25/h16,20-21,24,26H,9-15,18-19,39H2,1-8H3/t20-,21+,24-,26+,37-/m0/s1. The van der Waals surface area contributed by atoms with Crippen LogP contribution < -0.4 is 15.2 Å². The lowest BCUT2D eigenvalue weighted by Crippen LogP contribution is -2.71. The van der Waals surface area contributed by atoms with Crippen LogP contribution in [0.25, 0.3) is 11.5 Å². The highest BCUT2D eigenvalue weighted by Gasteiger charge is 2.53. The summed E-state index contributed by atoms with van der Waals surface area (Å²) in [5, 5.41) is 15.3. The molecule has 274 valence electrons. The Bertz CT molecular complexity index is 1860. The number of carbonyl (C=O) groups is 1.